The number of carbonyl (C=O) groups is 1. The van der Waals surface area contributed by atoms with E-state index in [-0.39, 0.29) is 5.91 Å². The zero-order valence-electron chi connectivity index (χ0n) is 17.0. The fraction of sp³-hybridized carbons (Fsp3) is 0.208. The van der Waals surface area contributed by atoms with Crippen molar-refractivity contribution in [2.24, 2.45) is 0 Å². The first-order valence-electron chi connectivity index (χ1n) is 9.32. The fourth-order valence-electron chi connectivity index (χ4n) is 2.98. The first-order valence-corrected chi connectivity index (χ1v) is 10.4. The van der Waals surface area contributed by atoms with Gasteiger partial charge in [0.05, 0.1) is 10.7 Å². The van der Waals surface area contributed by atoms with E-state index in [0.29, 0.717) is 23.7 Å². The van der Waals surface area contributed by atoms with Crippen LogP contribution in [0.2, 0.25) is 0 Å². The number of hydrogen-bond donors (Lipinski definition) is 1. The highest BCUT2D eigenvalue weighted by Crippen LogP contribution is 2.35. The van der Waals surface area contributed by atoms with Gasteiger partial charge >= 0.3 is 0 Å². The summed E-state index contributed by atoms with van der Waals surface area (Å²) in [7, 11) is 1.58. The molecule has 0 aliphatic heterocycles. The smallest absolute Gasteiger partial charge is 0.255 e. The molecule has 0 atom stereocenters. The molecule has 3 aromatic carbocycles. The number of halogens is 1. The van der Waals surface area contributed by atoms with Crippen LogP contribution >= 0.6 is 22.6 Å². The van der Waals surface area contributed by atoms with Crippen molar-refractivity contribution in [1.82, 2.24) is 0 Å². The van der Waals surface area contributed by atoms with E-state index in [4.69, 9.17) is 9.47 Å². The van der Waals surface area contributed by atoms with E-state index in [1.807, 2.05) is 50.2 Å². The molecule has 1 amide bonds. The predicted octanol–water partition coefficient (Wildman–Crippen LogP) is 6.06. The second kappa shape index (κ2) is 9.31. The van der Waals surface area contributed by atoms with Crippen LogP contribution in [0, 0.1) is 24.3 Å². The number of nitrogens with one attached hydrogen (secondary N) is 1. The van der Waals surface area contributed by atoms with Gasteiger partial charge in [0.2, 0.25) is 0 Å². The minimum atomic E-state index is -0.182. The van der Waals surface area contributed by atoms with Crippen LogP contribution in [-0.4, -0.2) is 13.0 Å². The molecule has 0 heterocycles. The Balaban J connectivity index is 1.79. The zero-order chi connectivity index (χ0) is 21.0. The molecule has 3 aromatic rings. The van der Waals surface area contributed by atoms with Crippen molar-refractivity contribution in [3.63, 3.8) is 0 Å². The summed E-state index contributed by atoms with van der Waals surface area (Å²) in [5.41, 5.74) is 5.79. The third-order valence-electron chi connectivity index (χ3n) is 4.63. The monoisotopic (exact) mass is 501 g/mol. The van der Waals surface area contributed by atoms with E-state index in [0.717, 1.165) is 25.9 Å². The lowest BCUT2D eigenvalue weighted by Crippen LogP contribution is -2.13. The average molecular weight is 501 g/mol. The lowest BCUT2D eigenvalue weighted by molar-refractivity contribution is 0.102. The van der Waals surface area contributed by atoms with Gasteiger partial charge in [-0.3, -0.25) is 4.79 Å². The average Bonchev–Trinajstić information content (AvgIpc) is 2.69. The Morgan fingerprint density at radius 3 is 2.31 bits per heavy atom. The number of hydrogen-bond acceptors (Lipinski definition) is 3. The normalized spacial score (nSPS) is 10.5. The Morgan fingerprint density at radius 1 is 0.966 bits per heavy atom. The molecule has 3 rings (SSSR count). The van der Waals surface area contributed by atoms with Gasteiger partial charge in [-0.15, -0.1) is 0 Å². The highest BCUT2D eigenvalue weighted by molar-refractivity contribution is 14.1. The Hall–Kier alpha value is -2.54. The molecule has 0 aliphatic rings. The lowest BCUT2D eigenvalue weighted by Gasteiger charge is -2.15. The van der Waals surface area contributed by atoms with Crippen molar-refractivity contribution < 1.29 is 14.3 Å². The molecule has 0 spiro atoms. The lowest BCUT2D eigenvalue weighted by atomic mass is 10.1. The summed E-state index contributed by atoms with van der Waals surface area (Å²) in [6.45, 7) is 6.50. The highest BCUT2D eigenvalue weighted by Gasteiger charge is 2.16. The number of ether oxygens (including phenoxy) is 2. The quantitative estimate of drug-likeness (QED) is 0.418. The first-order chi connectivity index (χ1) is 13.9. The van der Waals surface area contributed by atoms with Crippen LogP contribution in [0.1, 0.15) is 32.6 Å². The summed E-state index contributed by atoms with van der Waals surface area (Å²) in [5.74, 6) is 0.991. The standard InChI is InChI=1S/C24H24INO3/c1-15-5-8-18(9-6-15)14-29-23-20(25)12-19(13-22(23)28-4)24(27)26-21-10-7-16(2)11-17(21)3/h5-13H,14H2,1-4H3,(H,26,27). The second-order valence-corrected chi connectivity index (χ2v) is 8.20. The van der Waals surface area contributed by atoms with Gasteiger partial charge < -0.3 is 14.8 Å². The van der Waals surface area contributed by atoms with E-state index < -0.39 is 0 Å². The van der Waals surface area contributed by atoms with E-state index in [2.05, 4.69) is 47.0 Å². The molecule has 0 fully saturated rings. The summed E-state index contributed by atoms with van der Waals surface area (Å²) < 4.78 is 12.3. The van der Waals surface area contributed by atoms with Crippen molar-refractivity contribution in [2.75, 3.05) is 12.4 Å². The number of aryl methyl sites for hydroxylation is 3. The first kappa shape index (κ1) is 21.2. The largest absolute Gasteiger partial charge is 0.493 e. The van der Waals surface area contributed by atoms with Crippen LogP contribution in [0.15, 0.2) is 54.6 Å². The Bertz CT molecular complexity index is 1030. The maximum atomic E-state index is 12.8. The van der Waals surface area contributed by atoms with Crippen molar-refractivity contribution in [1.29, 1.82) is 0 Å². The summed E-state index contributed by atoms with van der Waals surface area (Å²) in [6.07, 6.45) is 0. The zero-order valence-corrected chi connectivity index (χ0v) is 19.2. The van der Waals surface area contributed by atoms with Crippen molar-refractivity contribution >= 4 is 34.2 Å². The van der Waals surface area contributed by atoms with Gasteiger partial charge in [-0.25, -0.2) is 0 Å². The number of anilines is 1. The molecule has 4 nitrogen and oxygen atoms in total. The fourth-order valence-corrected chi connectivity index (χ4v) is 3.74. The van der Waals surface area contributed by atoms with Gasteiger partial charge in [0, 0.05) is 11.3 Å². The molecular formula is C24H24INO3. The van der Waals surface area contributed by atoms with E-state index in [1.54, 1.807) is 13.2 Å². The maximum Gasteiger partial charge on any atom is 0.255 e. The van der Waals surface area contributed by atoms with Gasteiger partial charge in [0.25, 0.3) is 5.91 Å². The molecular weight excluding hydrogens is 477 g/mol. The maximum absolute atomic E-state index is 12.8. The minimum Gasteiger partial charge on any atom is -0.493 e. The van der Waals surface area contributed by atoms with Gasteiger partial charge in [-0.2, -0.15) is 0 Å². The summed E-state index contributed by atoms with van der Waals surface area (Å²) in [5, 5.41) is 2.98. The van der Waals surface area contributed by atoms with Crippen LogP contribution in [0.25, 0.3) is 0 Å². The Morgan fingerprint density at radius 2 is 1.66 bits per heavy atom. The Labute approximate surface area is 185 Å². The van der Waals surface area contributed by atoms with E-state index >= 15 is 0 Å². The minimum absolute atomic E-state index is 0.182. The summed E-state index contributed by atoms with van der Waals surface area (Å²) >= 11 is 2.17. The molecule has 1 N–H and O–H groups in total. The third-order valence-corrected chi connectivity index (χ3v) is 5.43. The van der Waals surface area contributed by atoms with Crippen molar-refractivity contribution in [2.45, 2.75) is 27.4 Å². The molecule has 0 radical (unpaired) electrons. The summed E-state index contributed by atoms with van der Waals surface area (Å²) in [6, 6.07) is 17.7. The molecule has 29 heavy (non-hydrogen) atoms. The Kier molecular flexibility index (Phi) is 6.79. The van der Waals surface area contributed by atoms with Gasteiger partial charge in [0.15, 0.2) is 11.5 Å². The van der Waals surface area contributed by atoms with E-state index in [9.17, 15) is 4.79 Å². The number of rotatable bonds is 6. The van der Waals surface area contributed by atoms with Crippen LogP contribution in [-0.2, 0) is 6.61 Å². The van der Waals surface area contributed by atoms with Gasteiger partial charge in [-0.1, -0.05) is 47.5 Å². The summed E-state index contributed by atoms with van der Waals surface area (Å²) in [4.78, 5) is 12.8. The second-order valence-electron chi connectivity index (χ2n) is 7.04. The molecule has 0 aromatic heterocycles. The van der Waals surface area contributed by atoms with Crippen LogP contribution in [0.5, 0.6) is 11.5 Å². The number of benzene rings is 3. The molecule has 150 valence electrons. The third kappa shape index (κ3) is 5.29. The predicted molar refractivity (Wildman–Crippen MR) is 125 cm³/mol. The molecule has 0 saturated heterocycles. The molecule has 0 aliphatic carbocycles. The van der Waals surface area contributed by atoms with Gasteiger partial charge in [-0.05, 0) is 72.7 Å². The van der Waals surface area contributed by atoms with E-state index in [1.165, 1.54) is 5.56 Å². The topological polar surface area (TPSA) is 47.6 Å². The van der Waals surface area contributed by atoms with Crippen LogP contribution in [0.4, 0.5) is 5.69 Å². The van der Waals surface area contributed by atoms with Crippen LogP contribution in [0.3, 0.4) is 0 Å². The molecule has 5 heteroatoms. The molecule has 0 unspecified atom stereocenters. The molecule has 0 saturated carbocycles. The number of carbonyl (C=O) groups excluding carboxylic acids is 1. The van der Waals surface area contributed by atoms with Crippen LogP contribution < -0.4 is 14.8 Å². The highest BCUT2D eigenvalue weighted by atomic mass is 127. The van der Waals surface area contributed by atoms with Crippen molar-refractivity contribution in [3.05, 3.63) is 86.0 Å². The SMILES string of the molecule is COc1cc(C(=O)Nc2ccc(C)cc2C)cc(I)c1OCc1ccc(C)cc1. The molecule has 0 bridgehead atoms. The van der Waals surface area contributed by atoms with Crippen molar-refractivity contribution in [3.8, 4) is 11.5 Å². The number of amides is 1. The number of methoxy groups -OCH3 is 1. The van der Waals surface area contributed by atoms with Gasteiger partial charge in [0.1, 0.15) is 6.61 Å².